The number of rotatable bonds is 6. The lowest BCUT2D eigenvalue weighted by molar-refractivity contribution is -0.118. The molecule has 4 amide bonds. The molecule has 0 spiro atoms. The van der Waals surface area contributed by atoms with Crippen LogP contribution in [0.2, 0.25) is 0 Å². The summed E-state index contributed by atoms with van der Waals surface area (Å²) in [5.41, 5.74) is 3.97. The summed E-state index contributed by atoms with van der Waals surface area (Å²) in [7, 11) is 0. The Balaban J connectivity index is 2.18. The molecule has 0 bridgehead atoms. The van der Waals surface area contributed by atoms with Crippen LogP contribution in [0.1, 0.15) is 29.8 Å². The Morgan fingerprint density at radius 1 is 0.793 bits per heavy atom. The van der Waals surface area contributed by atoms with Crippen molar-refractivity contribution < 1.29 is 19.2 Å². The number of benzene rings is 2. The van der Waals surface area contributed by atoms with Crippen molar-refractivity contribution in [3.05, 3.63) is 65.4 Å². The van der Waals surface area contributed by atoms with E-state index in [1.165, 1.54) is 32.1 Å². The first kappa shape index (κ1) is 21.3. The van der Waals surface area contributed by atoms with Crippen LogP contribution in [0.5, 0.6) is 0 Å². The summed E-state index contributed by atoms with van der Waals surface area (Å²) in [5.74, 6) is 3.58. The van der Waals surface area contributed by atoms with Gasteiger partial charge in [-0.25, -0.2) is 5.84 Å². The molecule has 0 fully saturated rings. The van der Waals surface area contributed by atoms with Gasteiger partial charge in [0.25, 0.3) is 11.8 Å². The molecule has 0 aliphatic carbocycles. The number of nitrogens with two attached hydrogens (primary N) is 1. The molecule has 0 heterocycles. The molecular weight excluding hydrogens is 374 g/mol. The van der Waals surface area contributed by atoms with Gasteiger partial charge in [0, 0.05) is 30.8 Å². The molecule has 0 unspecified atom stereocenters. The summed E-state index contributed by atoms with van der Waals surface area (Å²) in [6.45, 7) is 2.78. The van der Waals surface area contributed by atoms with Crippen molar-refractivity contribution in [1.82, 2.24) is 10.7 Å². The summed E-state index contributed by atoms with van der Waals surface area (Å²) in [4.78, 5) is 46.6. The van der Waals surface area contributed by atoms with Crippen LogP contribution in [-0.4, -0.2) is 23.6 Å². The molecule has 0 saturated heterocycles. The average Bonchev–Trinajstić information content (AvgIpc) is 2.68. The van der Waals surface area contributed by atoms with Crippen molar-refractivity contribution >= 4 is 41.1 Å². The van der Waals surface area contributed by atoms with Gasteiger partial charge in [0.1, 0.15) is 5.70 Å². The first-order valence-corrected chi connectivity index (χ1v) is 8.58. The normalized spacial score (nSPS) is 10.7. The lowest BCUT2D eigenvalue weighted by Crippen LogP contribution is -2.38. The summed E-state index contributed by atoms with van der Waals surface area (Å²) in [5, 5.41) is 7.75. The minimum atomic E-state index is -0.681. The van der Waals surface area contributed by atoms with Crippen LogP contribution in [0.4, 0.5) is 11.4 Å². The van der Waals surface area contributed by atoms with E-state index >= 15 is 0 Å². The fraction of sp³-hybridized carbons (Fsp3) is 0.100. The second-order valence-corrected chi connectivity index (χ2v) is 6.05. The average molecular weight is 395 g/mol. The zero-order chi connectivity index (χ0) is 21.4. The molecule has 0 aliphatic rings. The van der Waals surface area contributed by atoms with Crippen molar-refractivity contribution in [2.24, 2.45) is 5.84 Å². The number of carbonyl (C=O) groups is 4. The molecule has 0 radical (unpaired) electrons. The highest BCUT2D eigenvalue weighted by Crippen LogP contribution is 2.13. The predicted octanol–water partition coefficient (Wildman–Crippen LogP) is 1.36. The maximum atomic E-state index is 12.5. The van der Waals surface area contributed by atoms with Gasteiger partial charge in [-0.15, -0.1) is 0 Å². The van der Waals surface area contributed by atoms with Gasteiger partial charge in [0.15, 0.2) is 0 Å². The van der Waals surface area contributed by atoms with E-state index in [0.717, 1.165) is 0 Å². The zero-order valence-corrected chi connectivity index (χ0v) is 15.9. The number of hydrazine groups is 1. The first-order chi connectivity index (χ1) is 13.8. The molecule has 0 saturated carbocycles. The van der Waals surface area contributed by atoms with E-state index in [4.69, 9.17) is 5.84 Å². The summed E-state index contributed by atoms with van der Waals surface area (Å²) in [6.07, 6.45) is 1.45. The Morgan fingerprint density at radius 2 is 1.28 bits per heavy atom. The number of nitrogens with one attached hydrogen (secondary N) is 4. The Hall–Kier alpha value is -3.98. The molecule has 6 N–H and O–H groups in total. The van der Waals surface area contributed by atoms with Crippen molar-refractivity contribution in [1.29, 1.82) is 0 Å². The van der Waals surface area contributed by atoms with Crippen LogP contribution in [0.25, 0.3) is 6.08 Å². The predicted molar refractivity (Wildman–Crippen MR) is 109 cm³/mol. The number of hydrogen-bond donors (Lipinski definition) is 5. The van der Waals surface area contributed by atoms with Gasteiger partial charge < -0.3 is 16.0 Å². The summed E-state index contributed by atoms with van der Waals surface area (Å²) >= 11 is 0. The lowest BCUT2D eigenvalue weighted by atomic mass is 10.1. The molecule has 29 heavy (non-hydrogen) atoms. The van der Waals surface area contributed by atoms with Crippen molar-refractivity contribution in [2.75, 3.05) is 10.6 Å². The first-order valence-electron chi connectivity index (χ1n) is 8.58. The highest BCUT2D eigenvalue weighted by molar-refractivity contribution is 6.05. The van der Waals surface area contributed by atoms with Crippen LogP contribution >= 0.6 is 0 Å². The molecule has 2 aromatic carbocycles. The molecule has 0 atom stereocenters. The summed E-state index contributed by atoms with van der Waals surface area (Å²) in [6, 6.07) is 12.8. The third-order valence-corrected chi connectivity index (χ3v) is 3.63. The summed E-state index contributed by atoms with van der Waals surface area (Å²) < 4.78 is 0. The van der Waals surface area contributed by atoms with Crippen LogP contribution < -0.4 is 27.2 Å². The quantitative estimate of drug-likeness (QED) is 0.217. The second-order valence-electron chi connectivity index (χ2n) is 6.05. The largest absolute Gasteiger partial charge is 0.326 e. The number of carbonyl (C=O) groups excluding carboxylic acids is 4. The third kappa shape index (κ3) is 6.60. The van der Waals surface area contributed by atoms with Gasteiger partial charge in [0.05, 0.1) is 0 Å². The number of anilines is 2. The van der Waals surface area contributed by atoms with Gasteiger partial charge in [-0.3, -0.25) is 24.6 Å². The van der Waals surface area contributed by atoms with Crippen molar-refractivity contribution in [3.63, 3.8) is 0 Å². The molecule has 9 heteroatoms. The van der Waals surface area contributed by atoms with Gasteiger partial charge >= 0.3 is 0 Å². The van der Waals surface area contributed by atoms with Crippen LogP contribution in [0, 0.1) is 0 Å². The van der Waals surface area contributed by atoms with Crippen LogP contribution in [-0.2, 0) is 14.4 Å². The zero-order valence-electron chi connectivity index (χ0n) is 15.9. The van der Waals surface area contributed by atoms with E-state index in [-0.39, 0.29) is 23.1 Å². The Labute approximate surface area is 167 Å². The highest BCUT2D eigenvalue weighted by atomic mass is 16.2. The minimum Gasteiger partial charge on any atom is -0.326 e. The molecule has 9 nitrogen and oxygen atoms in total. The number of hydrogen-bond acceptors (Lipinski definition) is 5. The Bertz CT molecular complexity index is 950. The highest BCUT2D eigenvalue weighted by Gasteiger charge is 2.14. The molecule has 150 valence electrons. The van der Waals surface area contributed by atoms with Crippen molar-refractivity contribution in [3.8, 4) is 0 Å². The van der Waals surface area contributed by atoms with Crippen molar-refractivity contribution in [2.45, 2.75) is 13.8 Å². The molecule has 0 aromatic heterocycles. The fourth-order valence-corrected chi connectivity index (χ4v) is 2.37. The van der Waals surface area contributed by atoms with Crippen LogP contribution in [0.15, 0.2) is 54.2 Å². The van der Waals surface area contributed by atoms with E-state index in [0.29, 0.717) is 16.9 Å². The maximum absolute atomic E-state index is 12.5. The van der Waals surface area contributed by atoms with Gasteiger partial charge in [-0.1, -0.05) is 12.1 Å². The molecular formula is C20H21N5O4. The maximum Gasteiger partial charge on any atom is 0.281 e. The monoisotopic (exact) mass is 395 g/mol. The Kier molecular flexibility index (Phi) is 7.21. The molecule has 2 rings (SSSR count). The third-order valence-electron chi connectivity index (χ3n) is 3.63. The SMILES string of the molecule is CC(=O)Nc1ccc(C=C(NC(=O)c2ccc(NC(C)=O)cc2)C(=O)NN)cc1. The van der Waals surface area contributed by atoms with E-state index < -0.39 is 11.8 Å². The van der Waals surface area contributed by atoms with E-state index in [1.54, 1.807) is 36.4 Å². The number of amides is 4. The van der Waals surface area contributed by atoms with Gasteiger partial charge in [-0.05, 0) is 48.0 Å². The van der Waals surface area contributed by atoms with Gasteiger partial charge in [-0.2, -0.15) is 0 Å². The molecule has 2 aromatic rings. The standard InChI is InChI=1S/C20H21N5O4/c1-12(26)22-16-7-3-14(4-8-16)11-18(20(29)25-21)24-19(28)15-5-9-17(10-6-15)23-13(2)27/h3-11H,21H2,1-2H3,(H,22,26)(H,23,27)(H,24,28)(H,25,29). The molecule has 0 aliphatic heterocycles. The van der Waals surface area contributed by atoms with Crippen LogP contribution in [0.3, 0.4) is 0 Å². The fourth-order valence-electron chi connectivity index (χ4n) is 2.37. The van der Waals surface area contributed by atoms with E-state index in [1.807, 2.05) is 5.43 Å². The Morgan fingerprint density at radius 3 is 1.72 bits per heavy atom. The second kappa shape index (κ2) is 9.81. The lowest BCUT2D eigenvalue weighted by Gasteiger charge is -2.10. The smallest absolute Gasteiger partial charge is 0.281 e. The van der Waals surface area contributed by atoms with Gasteiger partial charge in [0.2, 0.25) is 11.8 Å². The van der Waals surface area contributed by atoms with E-state index in [2.05, 4.69) is 16.0 Å². The topological polar surface area (TPSA) is 142 Å². The van der Waals surface area contributed by atoms with E-state index in [9.17, 15) is 19.2 Å². The minimum absolute atomic E-state index is 0.0595.